The lowest BCUT2D eigenvalue weighted by Gasteiger charge is -2.11. The fourth-order valence-corrected chi connectivity index (χ4v) is 1.80. The van der Waals surface area contributed by atoms with Crippen LogP contribution in [0.2, 0.25) is 0 Å². The molecule has 1 atom stereocenters. The van der Waals surface area contributed by atoms with Crippen LogP contribution in [0.3, 0.4) is 0 Å². The van der Waals surface area contributed by atoms with Gasteiger partial charge in [0.25, 0.3) is 0 Å². The van der Waals surface area contributed by atoms with Crippen molar-refractivity contribution < 1.29 is 4.74 Å². The first-order chi connectivity index (χ1) is 6.31. The molecule has 72 valence electrons. The molecule has 0 saturated carbocycles. The number of alkyl halides is 1. The van der Waals surface area contributed by atoms with Crippen LogP contribution in [-0.4, -0.2) is 19.0 Å². The number of ether oxygens (including phenoxy) is 1. The fourth-order valence-electron chi connectivity index (χ4n) is 1.16. The highest BCUT2D eigenvalue weighted by Gasteiger charge is 2.06. The summed E-state index contributed by atoms with van der Waals surface area (Å²) in [5, 5.41) is 0.899. The molecule has 0 spiro atoms. The maximum Gasteiger partial charge on any atom is 0.118 e. The van der Waals surface area contributed by atoms with Gasteiger partial charge in [0.2, 0.25) is 0 Å². The van der Waals surface area contributed by atoms with Crippen LogP contribution in [0.25, 0.3) is 0 Å². The third kappa shape index (κ3) is 2.71. The molecule has 13 heavy (non-hydrogen) atoms. The molecule has 1 aromatic carbocycles. The normalized spacial score (nSPS) is 12.5. The van der Waals surface area contributed by atoms with E-state index in [1.54, 1.807) is 7.11 Å². The number of nitrogens with two attached hydrogens (primary N) is 1. The van der Waals surface area contributed by atoms with Crippen molar-refractivity contribution in [3.63, 3.8) is 0 Å². The van der Waals surface area contributed by atoms with E-state index in [0.29, 0.717) is 12.5 Å². The van der Waals surface area contributed by atoms with Gasteiger partial charge in [0.1, 0.15) is 5.75 Å². The molecule has 3 heteroatoms. The van der Waals surface area contributed by atoms with Crippen LogP contribution in [-0.2, 0) is 0 Å². The van der Waals surface area contributed by atoms with E-state index in [1.807, 2.05) is 12.1 Å². The van der Waals surface area contributed by atoms with Gasteiger partial charge < -0.3 is 10.5 Å². The molecule has 1 unspecified atom stereocenters. The number of methoxy groups -OCH3 is 1. The van der Waals surface area contributed by atoms with Gasteiger partial charge in [-0.3, -0.25) is 0 Å². The molecule has 0 heterocycles. The number of benzene rings is 1. The summed E-state index contributed by atoms with van der Waals surface area (Å²) < 4.78 is 5.07. The Balaban J connectivity index is 2.78. The van der Waals surface area contributed by atoms with Crippen molar-refractivity contribution in [2.24, 2.45) is 5.73 Å². The lowest BCUT2D eigenvalue weighted by molar-refractivity contribution is 0.414. The van der Waals surface area contributed by atoms with Crippen LogP contribution in [0, 0.1) is 0 Å². The highest BCUT2D eigenvalue weighted by atomic mass is 79.9. The molecule has 1 aromatic rings. The van der Waals surface area contributed by atoms with Crippen molar-refractivity contribution in [1.82, 2.24) is 0 Å². The molecular weight excluding hydrogens is 230 g/mol. The summed E-state index contributed by atoms with van der Waals surface area (Å²) in [6.07, 6.45) is 0. The smallest absolute Gasteiger partial charge is 0.118 e. The summed E-state index contributed by atoms with van der Waals surface area (Å²) in [6, 6.07) is 8.02. The summed E-state index contributed by atoms with van der Waals surface area (Å²) in [6.45, 7) is 0.664. The van der Waals surface area contributed by atoms with E-state index in [2.05, 4.69) is 28.1 Å². The number of hydrogen-bond donors (Lipinski definition) is 1. The second-order valence-electron chi connectivity index (χ2n) is 2.86. The molecule has 0 aliphatic heterocycles. The van der Waals surface area contributed by atoms with Crippen LogP contribution < -0.4 is 10.5 Å². The topological polar surface area (TPSA) is 35.2 Å². The summed E-state index contributed by atoms with van der Waals surface area (Å²) in [5.41, 5.74) is 6.87. The molecule has 2 nitrogen and oxygen atoms in total. The van der Waals surface area contributed by atoms with Crippen LogP contribution in [0.1, 0.15) is 11.5 Å². The Morgan fingerprint density at radius 2 is 2.00 bits per heavy atom. The highest BCUT2D eigenvalue weighted by molar-refractivity contribution is 9.09. The zero-order valence-electron chi connectivity index (χ0n) is 7.66. The molecule has 0 aliphatic carbocycles. The van der Waals surface area contributed by atoms with Crippen LogP contribution in [0.4, 0.5) is 0 Å². The van der Waals surface area contributed by atoms with Crippen molar-refractivity contribution >= 4 is 15.9 Å². The highest BCUT2D eigenvalue weighted by Crippen LogP contribution is 2.20. The van der Waals surface area contributed by atoms with Gasteiger partial charge in [-0.1, -0.05) is 28.1 Å². The van der Waals surface area contributed by atoms with Crippen molar-refractivity contribution in [1.29, 1.82) is 0 Å². The average Bonchev–Trinajstić information content (AvgIpc) is 2.21. The van der Waals surface area contributed by atoms with E-state index in [-0.39, 0.29) is 0 Å². The lowest BCUT2D eigenvalue weighted by Crippen LogP contribution is -2.13. The van der Waals surface area contributed by atoms with Crippen molar-refractivity contribution in [2.75, 3.05) is 19.0 Å². The van der Waals surface area contributed by atoms with E-state index in [9.17, 15) is 0 Å². The van der Waals surface area contributed by atoms with Gasteiger partial charge >= 0.3 is 0 Å². The fraction of sp³-hybridized carbons (Fsp3) is 0.400. The summed E-state index contributed by atoms with van der Waals surface area (Å²) in [7, 11) is 1.67. The minimum absolute atomic E-state index is 0.394. The third-order valence-electron chi connectivity index (χ3n) is 2.06. The summed E-state index contributed by atoms with van der Waals surface area (Å²) in [5.74, 6) is 1.28. The number of hydrogen-bond acceptors (Lipinski definition) is 2. The monoisotopic (exact) mass is 243 g/mol. The molecule has 0 fully saturated rings. The van der Waals surface area contributed by atoms with E-state index < -0.39 is 0 Å². The first kappa shape index (κ1) is 10.5. The zero-order chi connectivity index (χ0) is 9.68. The Kier molecular flexibility index (Phi) is 4.25. The van der Waals surface area contributed by atoms with Crippen molar-refractivity contribution in [3.8, 4) is 5.75 Å². The number of rotatable bonds is 4. The van der Waals surface area contributed by atoms with Crippen LogP contribution in [0.5, 0.6) is 5.75 Å². The molecular formula is C10H14BrNO. The molecule has 1 rings (SSSR count). The first-order valence-electron chi connectivity index (χ1n) is 4.21. The second-order valence-corrected chi connectivity index (χ2v) is 3.51. The first-order valence-corrected chi connectivity index (χ1v) is 5.34. The Bertz CT molecular complexity index is 244. The Labute approximate surface area is 87.2 Å². The quantitative estimate of drug-likeness (QED) is 0.823. The van der Waals surface area contributed by atoms with Crippen LogP contribution >= 0.6 is 15.9 Å². The van der Waals surface area contributed by atoms with Gasteiger partial charge in [-0.15, -0.1) is 0 Å². The minimum atomic E-state index is 0.394. The maximum atomic E-state index is 5.62. The number of halogens is 1. The summed E-state index contributed by atoms with van der Waals surface area (Å²) >= 11 is 3.44. The van der Waals surface area contributed by atoms with Gasteiger partial charge in [0, 0.05) is 11.2 Å². The maximum absolute atomic E-state index is 5.62. The zero-order valence-corrected chi connectivity index (χ0v) is 9.25. The molecule has 0 saturated heterocycles. The SMILES string of the molecule is COc1ccc(C(CN)CBr)cc1. The molecule has 0 aromatic heterocycles. The van der Waals surface area contributed by atoms with Crippen LogP contribution in [0.15, 0.2) is 24.3 Å². The minimum Gasteiger partial charge on any atom is -0.497 e. The van der Waals surface area contributed by atoms with E-state index in [1.165, 1.54) is 5.56 Å². The van der Waals surface area contributed by atoms with Gasteiger partial charge in [-0.2, -0.15) is 0 Å². The van der Waals surface area contributed by atoms with Gasteiger partial charge in [-0.05, 0) is 24.2 Å². The Morgan fingerprint density at radius 1 is 1.38 bits per heavy atom. The molecule has 0 bridgehead atoms. The second kappa shape index (κ2) is 5.25. The van der Waals surface area contributed by atoms with Crippen molar-refractivity contribution in [2.45, 2.75) is 5.92 Å². The predicted molar refractivity (Wildman–Crippen MR) is 58.6 cm³/mol. The van der Waals surface area contributed by atoms with Gasteiger partial charge in [0.15, 0.2) is 0 Å². The molecule has 0 amide bonds. The molecule has 0 aliphatic rings. The third-order valence-corrected chi connectivity index (χ3v) is 2.84. The average molecular weight is 244 g/mol. The lowest BCUT2D eigenvalue weighted by atomic mass is 10.0. The Hall–Kier alpha value is -0.540. The molecule has 0 radical (unpaired) electrons. The summed E-state index contributed by atoms with van der Waals surface area (Å²) in [4.78, 5) is 0. The van der Waals surface area contributed by atoms with Gasteiger partial charge in [0.05, 0.1) is 7.11 Å². The molecule has 2 N–H and O–H groups in total. The standard InChI is InChI=1S/C10H14BrNO/c1-13-10-4-2-8(3-5-10)9(6-11)7-12/h2-5,9H,6-7,12H2,1H3. The van der Waals surface area contributed by atoms with Gasteiger partial charge in [-0.25, -0.2) is 0 Å². The van der Waals surface area contributed by atoms with E-state index in [4.69, 9.17) is 10.5 Å². The Morgan fingerprint density at radius 3 is 2.38 bits per heavy atom. The predicted octanol–water partition coefficient (Wildman–Crippen LogP) is 2.13. The largest absolute Gasteiger partial charge is 0.497 e. The van der Waals surface area contributed by atoms with E-state index in [0.717, 1.165) is 11.1 Å². The van der Waals surface area contributed by atoms with E-state index >= 15 is 0 Å². The van der Waals surface area contributed by atoms with Crippen molar-refractivity contribution in [3.05, 3.63) is 29.8 Å².